The molecule has 1 saturated heterocycles. The molecule has 2 aromatic carbocycles. The zero-order valence-corrected chi connectivity index (χ0v) is 18.1. The summed E-state index contributed by atoms with van der Waals surface area (Å²) < 4.78 is 5.82. The predicted molar refractivity (Wildman–Crippen MR) is 119 cm³/mol. The summed E-state index contributed by atoms with van der Waals surface area (Å²) in [6, 6.07) is 16.7. The molecule has 1 aliphatic heterocycles. The average molecular weight is 396 g/mol. The standard InChI is InChI=1S/C24H33N3O2/c1-19-7-5-9-21(17-19)26-12-14-27(15-13-26)23(28)25-11-16-29-22-10-6-8-20(18-22)24(2,3)4/h5-10,17-18H,11-16H2,1-4H3,(H,25,28). The van der Waals surface area contributed by atoms with E-state index in [0.717, 1.165) is 31.9 Å². The first-order valence-electron chi connectivity index (χ1n) is 10.4. The SMILES string of the molecule is Cc1cccc(N2CCN(C(=O)NCCOc3cccc(C(C)(C)C)c3)CC2)c1. The molecule has 0 spiro atoms. The van der Waals surface area contributed by atoms with Crippen molar-refractivity contribution in [1.29, 1.82) is 0 Å². The number of amides is 2. The zero-order chi connectivity index (χ0) is 20.9. The lowest BCUT2D eigenvalue weighted by Gasteiger charge is -2.36. The van der Waals surface area contributed by atoms with Crippen molar-refractivity contribution in [1.82, 2.24) is 10.2 Å². The first-order valence-corrected chi connectivity index (χ1v) is 10.4. The fraction of sp³-hybridized carbons (Fsp3) is 0.458. The van der Waals surface area contributed by atoms with Gasteiger partial charge in [-0.2, -0.15) is 0 Å². The summed E-state index contributed by atoms with van der Waals surface area (Å²) in [6.45, 7) is 12.8. The predicted octanol–water partition coefficient (Wildman–Crippen LogP) is 4.20. The third-order valence-corrected chi connectivity index (χ3v) is 5.28. The van der Waals surface area contributed by atoms with Crippen molar-refractivity contribution in [2.24, 2.45) is 0 Å². The molecule has 1 fully saturated rings. The molecule has 3 rings (SSSR count). The van der Waals surface area contributed by atoms with E-state index < -0.39 is 0 Å². The van der Waals surface area contributed by atoms with E-state index in [9.17, 15) is 4.79 Å². The van der Waals surface area contributed by atoms with Crippen molar-refractivity contribution < 1.29 is 9.53 Å². The Morgan fingerprint density at radius 3 is 2.45 bits per heavy atom. The minimum Gasteiger partial charge on any atom is -0.492 e. The molecule has 2 aromatic rings. The van der Waals surface area contributed by atoms with Gasteiger partial charge in [-0.05, 0) is 47.7 Å². The second kappa shape index (κ2) is 9.21. The summed E-state index contributed by atoms with van der Waals surface area (Å²) in [4.78, 5) is 16.6. The maximum atomic E-state index is 12.4. The van der Waals surface area contributed by atoms with Gasteiger partial charge in [-0.25, -0.2) is 4.79 Å². The Hall–Kier alpha value is -2.69. The summed E-state index contributed by atoms with van der Waals surface area (Å²) >= 11 is 0. The van der Waals surface area contributed by atoms with E-state index in [2.05, 4.69) is 74.3 Å². The van der Waals surface area contributed by atoms with Gasteiger partial charge in [0.15, 0.2) is 0 Å². The quantitative estimate of drug-likeness (QED) is 0.772. The van der Waals surface area contributed by atoms with Crippen LogP contribution in [-0.4, -0.2) is 50.3 Å². The van der Waals surface area contributed by atoms with Crippen LogP contribution in [0.3, 0.4) is 0 Å². The van der Waals surface area contributed by atoms with Crippen molar-refractivity contribution in [3.8, 4) is 5.75 Å². The van der Waals surface area contributed by atoms with Crippen molar-refractivity contribution in [2.45, 2.75) is 33.1 Å². The van der Waals surface area contributed by atoms with E-state index in [1.807, 2.05) is 17.0 Å². The number of rotatable bonds is 5. The fourth-order valence-electron chi connectivity index (χ4n) is 3.48. The summed E-state index contributed by atoms with van der Waals surface area (Å²) in [7, 11) is 0. The highest BCUT2D eigenvalue weighted by Gasteiger charge is 2.21. The number of carbonyl (C=O) groups is 1. The lowest BCUT2D eigenvalue weighted by Crippen LogP contribution is -2.52. The number of anilines is 1. The van der Waals surface area contributed by atoms with E-state index >= 15 is 0 Å². The van der Waals surface area contributed by atoms with Crippen LogP contribution in [0.15, 0.2) is 48.5 Å². The highest BCUT2D eigenvalue weighted by atomic mass is 16.5. The number of nitrogens with zero attached hydrogens (tertiary/aromatic N) is 2. The van der Waals surface area contributed by atoms with Gasteiger partial charge in [-0.3, -0.25) is 0 Å². The lowest BCUT2D eigenvalue weighted by molar-refractivity contribution is 0.191. The van der Waals surface area contributed by atoms with E-state index in [1.54, 1.807) is 0 Å². The molecular formula is C24H33N3O2. The molecule has 0 aromatic heterocycles. The Morgan fingerprint density at radius 2 is 1.76 bits per heavy atom. The van der Waals surface area contributed by atoms with Gasteiger partial charge in [0.2, 0.25) is 0 Å². The van der Waals surface area contributed by atoms with Crippen LogP contribution in [0.2, 0.25) is 0 Å². The van der Waals surface area contributed by atoms with Crippen molar-refractivity contribution in [3.63, 3.8) is 0 Å². The Balaban J connectivity index is 1.40. The van der Waals surface area contributed by atoms with Crippen molar-refractivity contribution >= 4 is 11.7 Å². The third kappa shape index (κ3) is 5.89. The van der Waals surface area contributed by atoms with Crippen molar-refractivity contribution in [2.75, 3.05) is 44.2 Å². The van der Waals surface area contributed by atoms with Crippen LogP contribution in [0, 0.1) is 6.92 Å². The molecule has 0 unspecified atom stereocenters. The topological polar surface area (TPSA) is 44.8 Å². The Morgan fingerprint density at radius 1 is 1.03 bits per heavy atom. The fourth-order valence-corrected chi connectivity index (χ4v) is 3.48. The molecule has 1 N–H and O–H groups in total. The number of hydrogen-bond acceptors (Lipinski definition) is 3. The minimum absolute atomic E-state index is 0.0130. The molecule has 0 saturated carbocycles. The van der Waals surface area contributed by atoms with E-state index in [-0.39, 0.29) is 11.4 Å². The van der Waals surface area contributed by atoms with Crippen LogP contribution in [0.1, 0.15) is 31.9 Å². The Kier molecular flexibility index (Phi) is 6.68. The maximum absolute atomic E-state index is 12.4. The van der Waals surface area contributed by atoms with Crippen LogP contribution in [0.5, 0.6) is 5.75 Å². The Labute approximate surface area is 174 Å². The number of aryl methyl sites for hydroxylation is 1. The van der Waals surface area contributed by atoms with Gasteiger partial charge in [0.1, 0.15) is 12.4 Å². The largest absolute Gasteiger partial charge is 0.492 e. The highest BCUT2D eigenvalue weighted by molar-refractivity contribution is 5.74. The second-order valence-electron chi connectivity index (χ2n) is 8.67. The van der Waals surface area contributed by atoms with E-state index in [4.69, 9.17) is 4.74 Å². The van der Waals surface area contributed by atoms with Crippen LogP contribution < -0.4 is 15.0 Å². The molecule has 0 atom stereocenters. The number of piperazine rings is 1. The monoisotopic (exact) mass is 395 g/mol. The first kappa shape index (κ1) is 21.0. The molecule has 0 bridgehead atoms. The van der Waals surface area contributed by atoms with Gasteiger partial charge in [-0.15, -0.1) is 0 Å². The molecular weight excluding hydrogens is 362 g/mol. The number of benzene rings is 2. The molecule has 156 valence electrons. The number of hydrogen-bond donors (Lipinski definition) is 1. The third-order valence-electron chi connectivity index (χ3n) is 5.28. The summed E-state index contributed by atoms with van der Waals surface area (Å²) in [5.41, 5.74) is 3.82. The molecule has 29 heavy (non-hydrogen) atoms. The number of nitrogens with one attached hydrogen (secondary N) is 1. The Bertz CT molecular complexity index is 821. The number of urea groups is 1. The van der Waals surface area contributed by atoms with Gasteiger partial charge in [-0.1, -0.05) is 45.0 Å². The minimum atomic E-state index is -0.0130. The summed E-state index contributed by atoms with van der Waals surface area (Å²) in [5, 5.41) is 2.97. The number of ether oxygens (including phenoxy) is 1. The van der Waals surface area contributed by atoms with Gasteiger partial charge in [0.25, 0.3) is 0 Å². The molecule has 1 aliphatic rings. The van der Waals surface area contributed by atoms with Gasteiger partial charge < -0.3 is 19.9 Å². The molecule has 5 heteroatoms. The maximum Gasteiger partial charge on any atom is 0.317 e. The lowest BCUT2D eigenvalue weighted by atomic mass is 9.87. The molecule has 0 radical (unpaired) electrons. The first-order chi connectivity index (χ1) is 13.8. The highest BCUT2D eigenvalue weighted by Crippen LogP contribution is 2.25. The normalized spacial score (nSPS) is 14.6. The molecule has 0 aliphatic carbocycles. The molecule has 2 amide bonds. The van der Waals surface area contributed by atoms with E-state index in [1.165, 1.54) is 16.8 Å². The van der Waals surface area contributed by atoms with Crippen molar-refractivity contribution in [3.05, 3.63) is 59.7 Å². The summed E-state index contributed by atoms with van der Waals surface area (Å²) in [5.74, 6) is 0.846. The van der Waals surface area contributed by atoms with E-state index in [0.29, 0.717) is 13.2 Å². The average Bonchev–Trinajstić information content (AvgIpc) is 2.71. The molecule has 1 heterocycles. The smallest absolute Gasteiger partial charge is 0.317 e. The van der Waals surface area contributed by atoms with Gasteiger partial charge in [0.05, 0.1) is 6.54 Å². The molecule has 5 nitrogen and oxygen atoms in total. The second-order valence-corrected chi connectivity index (χ2v) is 8.67. The van der Waals surface area contributed by atoms with Gasteiger partial charge >= 0.3 is 6.03 Å². The summed E-state index contributed by atoms with van der Waals surface area (Å²) in [6.07, 6.45) is 0. The van der Waals surface area contributed by atoms with Crippen LogP contribution in [-0.2, 0) is 5.41 Å². The van der Waals surface area contributed by atoms with Gasteiger partial charge in [0, 0.05) is 31.9 Å². The van der Waals surface area contributed by atoms with Crippen LogP contribution in [0.25, 0.3) is 0 Å². The number of carbonyl (C=O) groups excluding carboxylic acids is 1. The van der Waals surface area contributed by atoms with Crippen LogP contribution >= 0.6 is 0 Å². The van der Waals surface area contributed by atoms with Crippen LogP contribution in [0.4, 0.5) is 10.5 Å². The zero-order valence-electron chi connectivity index (χ0n) is 18.1.